The highest BCUT2D eigenvalue weighted by molar-refractivity contribution is 8.01. The minimum atomic E-state index is -1.000. The van der Waals surface area contributed by atoms with Gasteiger partial charge in [0.1, 0.15) is 0 Å². The lowest BCUT2D eigenvalue weighted by Gasteiger charge is -2.38. The summed E-state index contributed by atoms with van der Waals surface area (Å²) >= 11 is 2.87. The topological polar surface area (TPSA) is 77.0 Å². The molecule has 0 spiro atoms. The van der Waals surface area contributed by atoms with Crippen LogP contribution in [0.25, 0.3) is 0 Å². The van der Waals surface area contributed by atoms with Gasteiger partial charge in [-0.15, -0.1) is 11.3 Å². The second-order valence-corrected chi connectivity index (χ2v) is 9.76. The average Bonchev–Trinajstić information content (AvgIpc) is 3.37. The van der Waals surface area contributed by atoms with Gasteiger partial charge in [0.05, 0.1) is 0 Å². The summed E-state index contributed by atoms with van der Waals surface area (Å²) in [6, 6.07) is 10.8. The maximum absolute atomic E-state index is 12.4. The van der Waals surface area contributed by atoms with Gasteiger partial charge in [0.25, 0.3) is 0 Å². The molecule has 2 saturated heterocycles. The van der Waals surface area contributed by atoms with Gasteiger partial charge in [-0.2, -0.15) is 0 Å². The maximum atomic E-state index is 12.4. The fourth-order valence-electron chi connectivity index (χ4n) is 4.07. The molecular weight excluding hydrogens is 420 g/mol. The van der Waals surface area contributed by atoms with Gasteiger partial charge >= 0.3 is 5.97 Å². The van der Waals surface area contributed by atoms with Crippen molar-refractivity contribution in [3.8, 4) is 0 Å². The molecule has 1 atom stereocenters. The van der Waals surface area contributed by atoms with E-state index in [9.17, 15) is 9.59 Å². The van der Waals surface area contributed by atoms with Crippen molar-refractivity contribution in [2.24, 2.45) is 0 Å². The van der Waals surface area contributed by atoms with E-state index in [2.05, 4.69) is 39.0 Å². The number of amides is 1. The van der Waals surface area contributed by atoms with Crippen LogP contribution in [-0.2, 0) is 4.79 Å². The number of aromatic nitrogens is 1. The molecule has 0 radical (unpaired) electrons. The van der Waals surface area contributed by atoms with Crippen molar-refractivity contribution in [2.45, 2.75) is 23.2 Å². The number of para-hydroxylation sites is 1. The van der Waals surface area contributed by atoms with Gasteiger partial charge in [-0.25, -0.2) is 9.78 Å². The smallest absolute Gasteiger partial charge is 0.355 e. The summed E-state index contributed by atoms with van der Waals surface area (Å²) in [6.07, 6.45) is 1.54. The van der Waals surface area contributed by atoms with Crippen molar-refractivity contribution in [2.75, 3.05) is 49.9 Å². The van der Waals surface area contributed by atoms with Gasteiger partial charge in [-0.05, 0) is 18.6 Å². The molecule has 0 aliphatic carbocycles. The summed E-state index contributed by atoms with van der Waals surface area (Å²) in [4.78, 5) is 34.4. The highest BCUT2D eigenvalue weighted by Gasteiger charge is 2.32. The van der Waals surface area contributed by atoms with Gasteiger partial charge in [-0.3, -0.25) is 9.69 Å². The Balaban J connectivity index is 1.24. The quantitative estimate of drug-likeness (QED) is 0.625. The number of thiazole rings is 1. The third-order valence-electron chi connectivity index (χ3n) is 5.68. The Morgan fingerprint density at radius 3 is 2.67 bits per heavy atom. The molecule has 2 fully saturated rings. The number of benzene rings is 1. The number of carboxylic acids is 1. The standard InChI is InChI=1S/C21H26N4O3S2/c26-19-7-6-17(25(19)12-13-29-21-22-18(15-30-21)20(27)28)14-23-8-10-24(11-9-23)16-4-2-1-3-5-16/h1-5,15,17H,6-14H2,(H,27,28). The van der Waals surface area contributed by atoms with E-state index in [1.807, 2.05) is 11.0 Å². The predicted octanol–water partition coefficient (Wildman–Crippen LogP) is 2.75. The summed E-state index contributed by atoms with van der Waals surface area (Å²) in [5, 5.41) is 10.5. The first-order valence-corrected chi connectivity index (χ1v) is 12.1. The zero-order valence-electron chi connectivity index (χ0n) is 16.8. The number of piperazine rings is 1. The first kappa shape index (κ1) is 21.1. The molecule has 2 aliphatic heterocycles. The molecule has 160 valence electrons. The van der Waals surface area contributed by atoms with Gasteiger partial charge in [-0.1, -0.05) is 30.0 Å². The number of likely N-dealkylation sites (tertiary alicyclic amines) is 1. The third-order valence-corrected chi connectivity index (χ3v) is 7.68. The molecule has 1 aromatic carbocycles. The van der Waals surface area contributed by atoms with Crippen molar-refractivity contribution in [1.29, 1.82) is 0 Å². The first-order valence-electron chi connectivity index (χ1n) is 10.2. The van der Waals surface area contributed by atoms with Crippen molar-refractivity contribution in [1.82, 2.24) is 14.8 Å². The van der Waals surface area contributed by atoms with E-state index < -0.39 is 5.97 Å². The summed E-state index contributed by atoms with van der Waals surface area (Å²) < 4.78 is 0.743. The van der Waals surface area contributed by atoms with Crippen LogP contribution in [0.5, 0.6) is 0 Å². The molecule has 0 saturated carbocycles. The van der Waals surface area contributed by atoms with Crippen LogP contribution >= 0.6 is 23.1 Å². The lowest BCUT2D eigenvalue weighted by molar-refractivity contribution is -0.128. The van der Waals surface area contributed by atoms with E-state index in [0.717, 1.165) is 49.2 Å². The molecule has 1 unspecified atom stereocenters. The molecule has 7 nitrogen and oxygen atoms in total. The predicted molar refractivity (Wildman–Crippen MR) is 120 cm³/mol. The largest absolute Gasteiger partial charge is 0.476 e. The van der Waals surface area contributed by atoms with E-state index >= 15 is 0 Å². The number of thioether (sulfide) groups is 1. The molecule has 9 heteroatoms. The molecule has 4 rings (SSSR count). The molecule has 1 N–H and O–H groups in total. The van der Waals surface area contributed by atoms with Gasteiger partial charge in [0.2, 0.25) is 5.91 Å². The monoisotopic (exact) mass is 446 g/mol. The van der Waals surface area contributed by atoms with Crippen LogP contribution in [0.15, 0.2) is 40.1 Å². The number of nitrogens with zero attached hydrogens (tertiary/aromatic N) is 4. The van der Waals surface area contributed by atoms with Crippen LogP contribution < -0.4 is 4.90 Å². The Bertz CT molecular complexity index is 868. The summed E-state index contributed by atoms with van der Waals surface area (Å²) in [7, 11) is 0. The van der Waals surface area contributed by atoms with Crippen LogP contribution in [0.1, 0.15) is 23.3 Å². The normalized spacial score (nSPS) is 20.1. The van der Waals surface area contributed by atoms with Crippen molar-refractivity contribution in [3.05, 3.63) is 41.4 Å². The second kappa shape index (κ2) is 9.80. The van der Waals surface area contributed by atoms with Gasteiger partial charge < -0.3 is 14.9 Å². The Labute approximate surface area is 184 Å². The second-order valence-electron chi connectivity index (χ2n) is 7.56. The van der Waals surface area contributed by atoms with Crippen LogP contribution in [0.3, 0.4) is 0 Å². The zero-order valence-corrected chi connectivity index (χ0v) is 18.4. The van der Waals surface area contributed by atoms with Crippen molar-refractivity contribution in [3.63, 3.8) is 0 Å². The Kier molecular flexibility index (Phi) is 6.91. The molecule has 30 heavy (non-hydrogen) atoms. The molecule has 2 aromatic rings. The molecule has 1 aromatic heterocycles. The fraction of sp³-hybridized carbons (Fsp3) is 0.476. The number of aromatic carboxylic acids is 1. The molecule has 1 amide bonds. The Morgan fingerprint density at radius 2 is 1.97 bits per heavy atom. The molecule has 2 aliphatic rings. The number of carbonyl (C=O) groups excluding carboxylic acids is 1. The summed E-state index contributed by atoms with van der Waals surface area (Å²) in [6.45, 7) is 5.66. The van der Waals surface area contributed by atoms with E-state index in [1.165, 1.54) is 28.8 Å². The Morgan fingerprint density at radius 1 is 1.20 bits per heavy atom. The van der Waals surface area contributed by atoms with Crippen LogP contribution in [-0.4, -0.2) is 82.8 Å². The zero-order chi connectivity index (χ0) is 20.9. The SMILES string of the molecule is O=C(O)c1csc(SCCN2C(=O)CCC2CN2CCN(c3ccccc3)CC2)n1. The molecular formula is C21H26N4O3S2. The van der Waals surface area contributed by atoms with Gasteiger partial charge in [0, 0.05) is 68.6 Å². The first-order chi connectivity index (χ1) is 14.6. The van der Waals surface area contributed by atoms with E-state index in [1.54, 1.807) is 5.38 Å². The number of hydrogen-bond acceptors (Lipinski definition) is 7. The van der Waals surface area contributed by atoms with Crippen LogP contribution in [0.2, 0.25) is 0 Å². The number of rotatable bonds is 8. The van der Waals surface area contributed by atoms with Crippen molar-refractivity contribution < 1.29 is 14.7 Å². The molecule has 0 bridgehead atoms. The van der Waals surface area contributed by atoms with Crippen molar-refractivity contribution >= 4 is 40.7 Å². The number of carboxylic acid groups (broad SMARTS) is 1. The van der Waals surface area contributed by atoms with E-state index in [-0.39, 0.29) is 17.6 Å². The minimum Gasteiger partial charge on any atom is -0.476 e. The third kappa shape index (κ3) is 5.14. The molecule has 3 heterocycles. The van der Waals surface area contributed by atoms with Gasteiger partial charge in [0.15, 0.2) is 10.0 Å². The fourth-order valence-corrected chi connectivity index (χ4v) is 5.88. The lowest BCUT2D eigenvalue weighted by Crippen LogP contribution is -2.51. The summed E-state index contributed by atoms with van der Waals surface area (Å²) in [5.41, 5.74) is 1.37. The highest BCUT2D eigenvalue weighted by atomic mass is 32.2. The highest BCUT2D eigenvalue weighted by Crippen LogP contribution is 2.26. The maximum Gasteiger partial charge on any atom is 0.355 e. The van der Waals surface area contributed by atoms with E-state index in [0.29, 0.717) is 13.0 Å². The Hall–Kier alpha value is -2.10. The number of carbonyl (C=O) groups is 2. The van der Waals surface area contributed by atoms with E-state index in [4.69, 9.17) is 5.11 Å². The number of anilines is 1. The lowest BCUT2D eigenvalue weighted by atomic mass is 10.2. The van der Waals surface area contributed by atoms with Crippen LogP contribution in [0, 0.1) is 0 Å². The van der Waals surface area contributed by atoms with Crippen LogP contribution in [0.4, 0.5) is 5.69 Å². The summed E-state index contributed by atoms with van der Waals surface area (Å²) in [5.74, 6) is -0.0366. The average molecular weight is 447 g/mol. The minimum absolute atomic E-state index is 0.0901. The number of hydrogen-bond donors (Lipinski definition) is 1.